The molecule has 1 N–H and O–H groups in total. The van der Waals surface area contributed by atoms with Gasteiger partial charge in [-0.25, -0.2) is 0 Å². The quantitative estimate of drug-likeness (QED) is 0.843. The minimum atomic E-state index is -0.364. The molecule has 3 aliphatic rings. The SMILES string of the molecule is CC(C)(C)NC(=O)[C@@H]1[C@@H]2[C@H](CN1C(=O)c1ccccc1)[C@@H]1C=C[C@H]2C1. The average Bonchev–Trinajstić information content (AvgIpc) is 3.24. The number of likely N-dealkylation sites (tertiary alicyclic amines) is 1. The molecule has 1 saturated carbocycles. The van der Waals surface area contributed by atoms with Crippen LogP contribution in [0.15, 0.2) is 42.5 Å². The van der Waals surface area contributed by atoms with Crippen molar-refractivity contribution in [3.63, 3.8) is 0 Å². The van der Waals surface area contributed by atoms with E-state index in [1.54, 1.807) is 0 Å². The van der Waals surface area contributed by atoms with Crippen molar-refractivity contribution in [3.8, 4) is 0 Å². The third-order valence-corrected chi connectivity index (χ3v) is 5.84. The van der Waals surface area contributed by atoms with Crippen molar-refractivity contribution in [2.45, 2.75) is 38.8 Å². The van der Waals surface area contributed by atoms with Gasteiger partial charge in [-0.2, -0.15) is 0 Å². The first-order valence-electron chi connectivity index (χ1n) is 9.21. The van der Waals surface area contributed by atoms with Gasteiger partial charge in [-0.1, -0.05) is 30.4 Å². The molecule has 0 unspecified atom stereocenters. The highest BCUT2D eigenvalue weighted by atomic mass is 16.2. The minimum Gasteiger partial charge on any atom is -0.350 e. The summed E-state index contributed by atoms with van der Waals surface area (Å²) in [7, 11) is 0. The van der Waals surface area contributed by atoms with Gasteiger partial charge in [-0.05, 0) is 63.0 Å². The summed E-state index contributed by atoms with van der Waals surface area (Å²) in [5, 5.41) is 3.11. The van der Waals surface area contributed by atoms with Crippen LogP contribution in [0.25, 0.3) is 0 Å². The Morgan fingerprint density at radius 3 is 2.44 bits per heavy atom. The Bertz CT molecular complexity index is 719. The molecule has 1 saturated heterocycles. The van der Waals surface area contributed by atoms with E-state index in [4.69, 9.17) is 0 Å². The topological polar surface area (TPSA) is 49.4 Å². The molecule has 2 aliphatic carbocycles. The lowest BCUT2D eigenvalue weighted by atomic mass is 9.81. The van der Waals surface area contributed by atoms with E-state index in [-0.39, 0.29) is 29.3 Å². The van der Waals surface area contributed by atoms with Gasteiger partial charge in [0.25, 0.3) is 5.91 Å². The summed E-state index contributed by atoms with van der Waals surface area (Å²) < 4.78 is 0. The molecule has 5 atom stereocenters. The summed E-state index contributed by atoms with van der Waals surface area (Å²) >= 11 is 0. The summed E-state index contributed by atoms with van der Waals surface area (Å²) in [6.07, 6.45) is 5.70. The molecule has 0 spiro atoms. The zero-order valence-corrected chi connectivity index (χ0v) is 15.1. The van der Waals surface area contributed by atoms with Gasteiger partial charge in [0.15, 0.2) is 0 Å². The lowest BCUT2D eigenvalue weighted by Gasteiger charge is -2.32. The Hall–Kier alpha value is -2.10. The predicted octanol–water partition coefficient (Wildman–Crippen LogP) is 2.86. The number of amides is 2. The van der Waals surface area contributed by atoms with Gasteiger partial charge in [0.05, 0.1) is 0 Å². The Kier molecular flexibility index (Phi) is 3.75. The number of nitrogens with zero attached hydrogens (tertiary/aromatic N) is 1. The van der Waals surface area contributed by atoms with Crippen LogP contribution in [-0.4, -0.2) is 34.8 Å². The molecule has 1 aliphatic heterocycles. The van der Waals surface area contributed by atoms with E-state index in [1.807, 2.05) is 56.0 Å². The molecule has 0 radical (unpaired) electrons. The molecule has 1 aromatic carbocycles. The van der Waals surface area contributed by atoms with Gasteiger partial charge in [0.1, 0.15) is 6.04 Å². The number of carbonyl (C=O) groups excluding carboxylic acids is 2. The van der Waals surface area contributed by atoms with Crippen LogP contribution >= 0.6 is 0 Å². The number of hydrogen-bond donors (Lipinski definition) is 1. The van der Waals surface area contributed by atoms with Gasteiger partial charge in [0.2, 0.25) is 5.91 Å². The number of allylic oxidation sites excluding steroid dienone is 2. The first-order valence-corrected chi connectivity index (χ1v) is 9.21. The van der Waals surface area contributed by atoms with Crippen molar-refractivity contribution in [3.05, 3.63) is 48.0 Å². The normalized spacial score (nSPS) is 32.8. The summed E-state index contributed by atoms with van der Waals surface area (Å²) in [6, 6.07) is 8.96. The number of hydrogen-bond acceptors (Lipinski definition) is 2. The largest absolute Gasteiger partial charge is 0.350 e. The molecular formula is C21H26N2O2. The molecule has 25 heavy (non-hydrogen) atoms. The standard InChI is InChI=1S/C21H26N2O2/c1-21(2,3)22-19(24)18-17-15-10-9-14(11-15)16(17)12-23(18)20(25)13-7-5-4-6-8-13/h4-10,14-18H,11-12H2,1-3H3,(H,22,24)/t14-,15+,16-,17+,18+/m1/s1. The molecule has 132 valence electrons. The molecule has 4 heteroatoms. The summed E-state index contributed by atoms with van der Waals surface area (Å²) in [5.74, 6) is 1.59. The van der Waals surface area contributed by atoms with Crippen LogP contribution in [0.3, 0.4) is 0 Å². The Labute approximate surface area is 149 Å². The second kappa shape index (κ2) is 5.72. The van der Waals surface area contributed by atoms with E-state index in [9.17, 15) is 9.59 Å². The van der Waals surface area contributed by atoms with Crippen LogP contribution in [0.4, 0.5) is 0 Å². The van der Waals surface area contributed by atoms with E-state index in [0.717, 1.165) is 6.42 Å². The van der Waals surface area contributed by atoms with Gasteiger partial charge < -0.3 is 10.2 Å². The number of carbonyl (C=O) groups is 2. The van der Waals surface area contributed by atoms with Crippen LogP contribution < -0.4 is 5.32 Å². The van der Waals surface area contributed by atoms with Gasteiger partial charge in [-0.3, -0.25) is 9.59 Å². The van der Waals surface area contributed by atoms with E-state index < -0.39 is 0 Å². The third kappa shape index (κ3) is 2.78. The maximum Gasteiger partial charge on any atom is 0.254 e. The van der Waals surface area contributed by atoms with Gasteiger partial charge >= 0.3 is 0 Å². The second-order valence-electron chi connectivity index (χ2n) is 8.70. The number of rotatable bonds is 2. The zero-order valence-electron chi connectivity index (χ0n) is 15.1. The Morgan fingerprint density at radius 2 is 1.76 bits per heavy atom. The van der Waals surface area contributed by atoms with Crippen molar-refractivity contribution in [2.24, 2.45) is 23.7 Å². The maximum absolute atomic E-state index is 13.1. The fourth-order valence-corrected chi connectivity index (χ4v) is 4.95. The van der Waals surface area contributed by atoms with Crippen LogP contribution in [0.1, 0.15) is 37.6 Å². The second-order valence-corrected chi connectivity index (χ2v) is 8.70. The summed E-state index contributed by atoms with van der Waals surface area (Å²) in [5.41, 5.74) is 0.362. The first-order chi connectivity index (χ1) is 11.8. The molecule has 1 aromatic rings. The van der Waals surface area contributed by atoms with Crippen LogP contribution in [0, 0.1) is 23.7 Å². The first kappa shape index (κ1) is 16.4. The highest BCUT2D eigenvalue weighted by molar-refractivity contribution is 5.98. The van der Waals surface area contributed by atoms with Gasteiger partial charge in [-0.15, -0.1) is 0 Å². The molecule has 2 fully saturated rings. The van der Waals surface area contributed by atoms with Gasteiger partial charge in [0, 0.05) is 17.6 Å². The molecule has 4 rings (SSSR count). The van der Waals surface area contributed by atoms with E-state index in [0.29, 0.717) is 29.9 Å². The predicted molar refractivity (Wildman–Crippen MR) is 96.9 cm³/mol. The average molecular weight is 338 g/mol. The number of benzene rings is 1. The van der Waals surface area contributed by atoms with E-state index >= 15 is 0 Å². The van der Waals surface area contributed by atoms with Crippen molar-refractivity contribution in [2.75, 3.05) is 6.54 Å². The van der Waals surface area contributed by atoms with E-state index in [2.05, 4.69) is 17.5 Å². The fourth-order valence-electron chi connectivity index (χ4n) is 4.95. The molecule has 4 nitrogen and oxygen atoms in total. The minimum absolute atomic E-state index is 0.00905. The third-order valence-electron chi connectivity index (χ3n) is 5.84. The lowest BCUT2D eigenvalue weighted by Crippen LogP contribution is -2.54. The van der Waals surface area contributed by atoms with E-state index in [1.165, 1.54) is 0 Å². The van der Waals surface area contributed by atoms with Crippen molar-refractivity contribution in [1.29, 1.82) is 0 Å². The highest BCUT2D eigenvalue weighted by Crippen LogP contribution is 2.54. The highest BCUT2D eigenvalue weighted by Gasteiger charge is 2.57. The smallest absolute Gasteiger partial charge is 0.254 e. The number of nitrogens with one attached hydrogen (secondary N) is 1. The summed E-state index contributed by atoms with van der Waals surface area (Å²) in [6.45, 7) is 6.65. The molecule has 0 aromatic heterocycles. The fraction of sp³-hybridized carbons (Fsp3) is 0.524. The Balaban J connectivity index is 1.66. The maximum atomic E-state index is 13.1. The molecule has 1 heterocycles. The van der Waals surface area contributed by atoms with Crippen molar-refractivity contribution >= 4 is 11.8 Å². The summed E-state index contributed by atoms with van der Waals surface area (Å²) in [4.78, 5) is 28.0. The zero-order chi connectivity index (χ0) is 17.8. The molecule has 2 amide bonds. The van der Waals surface area contributed by atoms with Crippen LogP contribution in [-0.2, 0) is 4.79 Å². The monoisotopic (exact) mass is 338 g/mol. The molecular weight excluding hydrogens is 312 g/mol. The van der Waals surface area contributed by atoms with Crippen LogP contribution in [0.5, 0.6) is 0 Å². The Morgan fingerprint density at radius 1 is 1.08 bits per heavy atom. The van der Waals surface area contributed by atoms with Crippen molar-refractivity contribution < 1.29 is 9.59 Å². The molecule has 2 bridgehead atoms. The van der Waals surface area contributed by atoms with Crippen LogP contribution in [0.2, 0.25) is 0 Å². The van der Waals surface area contributed by atoms with Crippen molar-refractivity contribution in [1.82, 2.24) is 10.2 Å². The lowest BCUT2D eigenvalue weighted by molar-refractivity contribution is -0.127. The number of fused-ring (bicyclic) bond motifs is 5.